The lowest BCUT2D eigenvalue weighted by molar-refractivity contribution is 0.0889. The Morgan fingerprint density at radius 1 is 0.207 bits per heavy atom. The number of unbranched alkanes of at least 4 members (excludes halogenated alkanes) is 5. The molecule has 11 rings (SSSR count). The Kier molecular flexibility index (Phi) is 75.6. The van der Waals surface area contributed by atoms with Crippen molar-refractivity contribution < 1.29 is 87.5 Å². The number of ether oxygens (including phenoxy) is 12. The van der Waals surface area contributed by atoms with Crippen molar-refractivity contribution in [3.05, 3.63) is 346 Å². The van der Waals surface area contributed by atoms with Crippen LogP contribution in [0.3, 0.4) is 0 Å². The predicted molar refractivity (Wildman–Crippen MR) is 597 cm³/mol. The summed E-state index contributed by atoms with van der Waals surface area (Å²) >= 11 is 0. The van der Waals surface area contributed by atoms with Gasteiger partial charge in [0.15, 0.2) is 0 Å². The first-order valence-corrected chi connectivity index (χ1v) is 53.9. The standard InChI is InChI=1S/C20H26O2.C19H24O2.C19H24O.C15H24O3.C15H24O2.C14H22O3.C13H20O2.C12H18O3/c1-2-3-9-18-12-7-13-20(16-18)22-15-8-14-21-17-19-10-5-4-6-11-19;1-2-3-8-17-11-7-12-19(15-17)21-14-13-20-16-18-9-5-4-6-10-18;1-2-3-9-18-12-7-14-19(16-18)20-15-8-13-17-10-5-4-6-11-17;1-3-7-15(16)13-8-6-9-14(12-13)18-11-5-4-10-17-2;1-4-6-15(16)13-7-5-8-14(11-13)17-10-9-12(2)3;1-3-6-14(15)12-7-4-8-13(11-12)17-10-5-9-16-2;1-2-3-6-12-7-4-8-13(11-12)15-10-5-9-14;1-2-4-12(14)10-5-3-6-11(9-10)15-8-7-13/h4-7,10-13,16H,2-3,8-9,14-15,17H2,1H3;4-7,9-12,15H,2-3,8,13-14,16H2,1H3;4-7,10-12,14,16H,2-3,8-9,13,15H2,1H3;6,8-9,12,15-16H,3-5,7,10-11H2,1-2H3;5,7-8,11-12,15-16H,4,6,9-10H2,1-3H3;4,7-8,11,14-15H,3,5-6,9-10H2,1-2H3;4,7-8,11,14H,2-3,5-6,9-10H2,1H3;3,5-6,9,12-14H,2,4,7-8H2,1H3. The Labute approximate surface area is 873 Å². The minimum absolute atomic E-state index is 0.00173. The lowest BCUT2D eigenvalue weighted by Crippen LogP contribution is -2.06. The van der Waals surface area contributed by atoms with Crippen molar-refractivity contribution in [3.8, 4) is 46.0 Å². The van der Waals surface area contributed by atoms with Crippen LogP contribution >= 0.6 is 0 Å². The van der Waals surface area contributed by atoms with Gasteiger partial charge in [0.2, 0.25) is 0 Å². The van der Waals surface area contributed by atoms with Crippen molar-refractivity contribution >= 4 is 0 Å². The molecule has 0 heterocycles. The van der Waals surface area contributed by atoms with Crippen LogP contribution in [0.4, 0.5) is 0 Å². The molecule has 0 saturated carbocycles. The van der Waals surface area contributed by atoms with E-state index in [0.29, 0.717) is 77.6 Å². The van der Waals surface area contributed by atoms with Gasteiger partial charge in [-0.1, -0.05) is 309 Å². The molecule has 0 aliphatic heterocycles. The fraction of sp³-hybridized carbons (Fsp3) is 0.480. The molecule has 0 saturated heterocycles. The number of aryl methyl sites for hydroxylation is 5. The molecule has 798 valence electrons. The summed E-state index contributed by atoms with van der Waals surface area (Å²) in [6.07, 6.45) is 27.5. The van der Waals surface area contributed by atoms with Gasteiger partial charge in [-0.3, -0.25) is 0 Å². The molecule has 0 spiro atoms. The number of hydrogen-bond acceptors (Lipinski definition) is 18. The van der Waals surface area contributed by atoms with Crippen molar-refractivity contribution in [2.24, 2.45) is 5.92 Å². The van der Waals surface area contributed by atoms with E-state index in [9.17, 15) is 20.4 Å². The highest BCUT2D eigenvalue weighted by atomic mass is 16.5. The number of rotatable bonds is 64. The Morgan fingerprint density at radius 2 is 0.469 bits per heavy atom. The third-order valence-electron chi connectivity index (χ3n) is 22.9. The number of hydrogen-bond donors (Lipinski definition) is 6. The normalized spacial score (nSPS) is 11.4. The molecular weight excluding hydrogens is 1810 g/mol. The molecule has 6 N–H and O–H groups in total. The van der Waals surface area contributed by atoms with Crippen molar-refractivity contribution in [2.45, 2.75) is 287 Å². The molecule has 0 aromatic heterocycles. The lowest BCUT2D eigenvalue weighted by Gasteiger charge is -2.12. The molecule has 11 aromatic carbocycles. The second-order valence-electron chi connectivity index (χ2n) is 36.3. The molecule has 0 amide bonds. The Balaban J connectivity index is 0.000000346. The maximum Gasteiger partial charge on any atom is 0.119 e. The Bertz CT molecular complexity index is 4820. The van der Waals surface area contributed by atoms with Gasteiger partial charge in [0.25, 0.3) is 0 Å². The third kappa shape index (κ3) is 64.2. The van der Waals surface area contributed by atoms with Crippen LogP contribution < -0.4 is 37.9 Å². The summed E-state index contributed by atoms with van der Waals surface area (Å²) in [6.45, 7) is 30.8. The maximum atomic E-state index is 9.91. The van der Waals surface area contributed by atoms with Gasteiger partial charge in [0.05, 0.1) is 97.1 Å². The fourth-order valence-corrected chi connectivity index (χ4v) is 14.7. The molecule has 0 bridgehead atoms. The van der Waals surface area contributed by atoms with Crippen LogP contribution in [0.5, 0.6) is 46.0 Å². The molecule has 0 aliphatic carbocycles. The van der Waals surface area contributed by atoms with E-state index in [-0.39, 0.29) is 38.1 Å². The molecule has 0 radical (unpaired) electrons. The summed E-state index contributed by atoms with van der Waals surface area (Å²) in [4.78, 5) is 0. The molecule has 18 nitrogen and oxygen atoms in total. The van der Waals surface area contributed by atoms with Gasteiger partial charge in [-0.15, -0.1) is 0 Å². The van der Waals surface area contributed by atoms with E-state index >= 15 is 0 Å². The molecule has 145 heavy (non-hydrogen) atoms. The number of methoxy groups -OCH3 is 2. The van der Waals surface area contributed by atoms with Gasteiger partial charge in [-0.05, 0) is 273 Å². The Hall–Kier alpha value is -10.6. The lowest BCUT2D eigenvalue weighted by atomic mass is 10.1. The number of aliphatic hydroxyl groups excluding tert-OH is 6. The van der Waals surface area contributed by atoms with Crippen LogP contribution in [0, 0.1) is 5.92 Å². The van der Waals surface area contributed by atoms with Gasteiger partial charge in [-0.25, -0.2) is 0 Å². The molecular formula is C127H182O18. The van der Waals surface area contributed by atoms with E-state index in [4.69, 9.17) is 67.1 Å². The third-order valence-corrected chi connectivity index (χ3v) is 22.9. The largest absolute Gasteiger partial charge is 0.494 e. The first kappa shape index (κ1) is 127. The monoisotopic (exact) mass is 2000 g/mol. The molecule has 11 aromatic rings. The quantitative estimate of drug-likeness (QED) is 0.0195. The SMILES string of the molecule is CCCC(O)c1cccc(OCCC(C)C)c1.CCCC(O)c1cccc(OCCCCOC)c1.CCCC(O)c1cccc(OCCCOC)c1.CCCC(O)c1cccc(OCCO)c1.CCCCc1cccc(OCCCO)c1.CCCCc1cccc(OCCCOCc2ccccc2)c1.CCCCc1cccc(OCCCc2ccccc2)c1.CCCCc1cccc(OCCOCc2ccccc2)c1. The minimum atomic E-state index is -0.423. The molecule has 0 aliphatic rings. The summed E-state index contributed by atoms with van der Waals surface area (Å²) in [5, 5.41) is 56.7. The molecule has 0 fully saturated rings. The van der Waals surface area contributed by atoms with Crippen LogP contribution in [-0.2, 0) is 64.3 Å². The summed E-state index contributed by atoms with van der Waals surface area (Å²) in [5.41, 5.74) is 12.9. The highest BCUT2D eigenvalue weighted by Crippen LogP contribution is 2.29. The average Bonchev–Trinajstić information content (AvgIpc) is 0.882. The molecule has 18 heteroatoms. The number of aliphatic hydroxyl groups is 6. The smallest absolute Gasteiger partial charge is 0.119 e. The first-order chi connectivity index (χ1) is 71.0. The zero-order valence-electron chi connectivity index (χ0n) is 90.2. The van der Waals surface area contributed by atoms with Crippen molar-refractivity contribution in [1.29, 1.82) is 0 Å². The minimum Gasteiger partial charge on any atom is -0.494 e. The van der Waals surface area contributed by atoms with Gasteiger partial charge < -0.3 is 87.5 Å². The molecule has 4 unspecified atom stereocenters. The summed E-state index contributed by atoms with van der Waals surface area (Å²) < 4.78 is 66.3. The summed E-state index contributed by atoms with van der Waals surface area (Å²) in [7, 11) is 3.39. The predicted octanol–water partition coefficient (Wildman–Crippen LogP) is 29.6. The summed E-state index contributed by atoms with van der Waals surface area (Å²) in [6, 6.07) is 95.1. The zero-order valence-corrected chi connectivity index (χ0v) is 90.2. The maximum absolute atomic E-state index is 9.91. The van der Waals surface area contributed by atoms with Crippen LogP contribution in [0.1, 0.15) is 303 Å². The van der Waals surface area contributed by atoms with Crippen molar-refractivity contribution in [3.63, 3.8) is 0 Å². The second-order valence-corrected chi connectivity index (χ2v) is 36.3. The van der Waals surface area contributed by atoms with E-state index in [1.165, 1.54) is 90.3 Å². The van der Waals surface area contributed by atoms with Gasteiger partial charge in [-0.2, -0.15) is 0 Å². The van der Waals surface area contributed by atoms with E-state index in [2.05, 4.69) is 190 Å². The van der Waals surface area contributed by atoms with Crippen LogP contribution in [0.15, 0.2) is 285 Å². The zero-order chi connectivity index (χ0) is 105. The second kappa shape index (κ2) is 86.5. The van der Waals surface area contributed by atoms with Gasteiger partial charge in [0, 0.05) is 53.3 Å². The van der Waals surface area contributed by atoms with Gasteiger partial charge >= 0.3 is 0 Å². The van der Waals surface area contributed by atoms with E-state index < -0.39 is 6.10 Å². The topological polar surface area (TPSA) is 232 Å². The van der Waals surface area contributed by atoms with Crippen LogP contribution in [0.2, 0.25) is 0 Å². The summed E-state index contributed by atoms with van der Waals surface area (Å²) in [5.74, 6) is 7.68. The van der Waals surface area contributed by atoms with E-state index in [1.807, 2.05) is 165 Å². The fourth-order valence-electron chi connectivity index (χ4n) is 14.7. The average molecular weight is 2000 g/mol. The Morgan fingerprint density at radius 3 is 0.793 bits per heavy atom. The molecule has 4 atom stereocenters. The van der Waals surface area contributed by atoms with Crippen molar-refractivity contribution in [1.82, 2.24) is 0 Å². The highest BCUT2D eigenvalue weighted by Gasteiger charge is 2.13. The first-order valence-electron chi connectivity index (χ1n) is 53.9. The van der Waals surface area contributed by atoms with Crippen LogP contribution in [0.25, 0.3) is 0 Å². The van der Waals surface area contributed by atoms with E-state index in [1.54, 1.807) is 14.2 Å². The van der Waals surface area contributed by atoms with Gasteiger partial charge in [0.1, 0.15) is 59.2 Å². The van der Waals surface area contributed by atoms with E-state index in [0.717, 1.165) is 211 Å². The van der Waals surface area contributed by atoms with Crippen LogP contribution in [-0.4, -0.2) is 137 Å². The number of benzene rings is 11. The van der Waals surface area contributed by atoms with Crippen molar-refractivity contribution in [2.75, 3.05) is 107 Å². The highest BCUT2D eigenvalue weighted by molar-refractivity contribution is 5.36.